The van der Waals surface area contributed by atoms with Gasteiger partial charge in [0.05, 0.1) is 23.7 Å². The number of ether oxygens (including phenoxy) is 1. The molecule has 0 aliphatic heterocycles. The number of anilines is 1. The maximum absolute atomic E-state index is 11.2. The average Bonchev–Trinajstić information content (AvgIpc) is 2.30. The zero-order valence-electron chi connectivity index (χ0n) is 10.6. The Morgan fingerprint density at radius 1 is 1.50 bits per heavy atom. The molecule has 1 rings (SSSR count). The molecular weight excluding hydrogens is 230 g/mol. The van der Waals surface area contributed by atoms with E-state index in [1.54, 1.807) is 12.1 Å². The first-order chi connectivity index (χ1) is 8.35. The molecule has 4 N–H and O–H groups in total. The lowest BCUT2D eigenvalue weighted by Gasteiger charge is -2.16. The fraction of sp³-hybridized carbons (Fsp3) is 0.385. The van der Waals surface area contributed by atoms with Crippen molar-refractivity contribution in [2.75, 3.05) is 12.3 Å². The highest BCUT2D eigenvalue weighted by Gasteiger charge is 2.17. The van der Waals surface area contributed by atoms with E-state index in [1.165, 1.54) is 6.07 Å². The van der Waals surface area contributed by atoms with E-state index in [2.05, 4.69) is 6.07 Å². The number of nitrogens with two attached hydrogens (primary N) is 2. The first-order valence-electron chi connectivity index (χ1n) is 5.59. The first kappa shape index (κ1) is 13.8. The van der Waals surface area contributed by atoms with E-state index >= 15 is 0 Å². The zero-order chi connectivity index (χ0) is 13.8. The molecule has 5 nitrogen and oxygen atoms in total. The molecule has 0 saturated carbocycles. The molecule has 96 valence electrons. The van der Waals surface area contributed by atoms with Gasteiger partial charge in [0.15, 0.2) is 0 Å². The van der Waals surface area contributed by atoms with Crippen molar-refractivity contribution in [3.8, 4) is 11.8 Å². The molecule has 0 radical (unpaired) electrons. The largest absolute Gasteiger partial charge is 0.493 e. The van der Waals surface area contributed by atoms with Crippen molar-refractivity contribution in [2.45, 2.75) is 20.3 Å². The highest BCUT2D eigenvalue weighted by atomic mass is 16.5. The van der Waals surface area contributed by atoms with Crippen LogP contribution in [0.25, 0.3) is 0 Å². The molecular formula is C13H17N3O2. The zero-order valence-corrected chi connectivity index (χ0v) is 10.6. The lowest BCUT2D eigenvalue weighted by molar-refractivity contribution is 0.0996. The standard InChI is InChI=1S/C13H17N3O2/c1-13(2,8-14)5-6-18-11-4-3-9(15)7-10(11)12(16)17/h3-4,7H,5-6,15H2,1-2H3,(H2,16,17). The van der Waals surface area contributed by atoms with Gasteiger partial charge < -0.3 is 16.2 Å². The monoisotopic (exact) mass is 247 g/mol. The second-order valence-electron chi connectivity index (χ2n) is 4.71. The van der Waals surface area contributed by atoms with Crippen LogP contribution < -0.4 is 16.2 Å². The minimum absolute atomic E-state index is 0.254. The Kier molecular flexibility index (Phi) is 4.16. The van der Waals surface area contributed by atoms with Crippen LogP contribution in [-0.2, 0) is 0 Å². The number of primary amides is 1. The fourth-order valence-corrected chi connectivity index (χ4v) is 1.34. The van der Waals surface area contributed by atoms with Crippen molar-refractivity contribution in [3.05, 3.63) is 23.8 Å². The van der Waals surface area contributed by atoms with E-state index in [0.29, 0.717) is 24.5 Å². The highest BCUT2D eigenvalue weighted by molar-refractivity contribution is 5.96. The number of carbonyl (C=O) groups is 1. The number of hydrogen-bond acceptors (Lipinski definition) is 4. The highest BCUT2D eigenvalue weighted by Crippen LogP contribution is 2.23. The molecule has 1 aromatic rings. The van der Waals surface area contributed by atoms with E-state index in [9.17, 15) is 4.79 Å². The topological polar surface area (TPSA) is 102 Å². The molecule has 0 aliphatic carbocycles. The van der Waals surface area contributed by atoms with Gasteiger partial charge in [-0.2, -0.15) is 5.26 Å². The Balaban J connectivity index is 2.74. The maximum Gasteiger partial charge on any atom is 0.252 e. The third kappa shape index (κ3) is 3.67. The van der Waals surface area contributed by atoms with Crippen molar-refractivity contribution >= 4 is 11.6 Å². The first-order valence-corrected chi connectivity index (χ1v) is 5.59. The Morgan fingerprint density at radius 2 is 2.17 bits per heavy atom. The van der Waals surface area contributed by atoms with Crippen LogP contribution in [0.5, 0.6) is 5.75 Å². The summed E-state index contributed by atoms with van der Waals surface area (Å²) in [6.07, 6.45) is 0.562. The van der Waals surface area contributed by atoms with Crippen LogP contribution in [0.3, 0.4) is 0 Å². The predicted molar refractivity (Wildman–Crippen MR) is 68.9 cm³/mol. The number of hydrogen-bond donors (Lipinski definition) is 2. The summed E-state index contributed by atoms with van der Waals surface area (Å²) in [5.41, 5.74) is 11.1. The van der Waals surface area contributed by atoms with Crippen molar-refractivity contribution in [1.29, 1.82) is 5.26 Å². The number of nitriles is 1. The van der Waals surface area contributed by atoms with Gasteiger partial charge in [-0.15, -0.1) is 0 Å². The second-order valence-corrected chi connectivity index (χ2v) is 4.71. The summed E-state index contributed by atoms with van der Waals surface area (Å²) in [4.78, 5) is 11.2. The van der Waals surface area contributed by atoms with Crippen molar-refractivity contribution < 1.29 is 9.53 Å². The molecule has 0 heterocycles. The Labute approximate surface area is 106 Å². The Morgan fingerprint density at radius 3 is 2.72 bits per heavy atom. The Bertz CT molecular complexity index is 489. The van der Waals surface area contributed by atoms with Crippen molar-refractivity contribution in [1.82, 2.24) is 0 Å². The molecule has 0 unspecified atom stereocenters. The predicted octanol–water partition coefficient (Wildman–Crippen LogP) is 1.69. The minimum Gasteiger partial charge on any atom is -0.493 e. The molecule has 1 aromatic carbocycles. The van der Waals surface area contributed by atoms with Crippen LogP contribution in [0.15, 0.2) is 18.2 Å². The minimum atomic E-state index is -0.586. The van der Waals surface area contributed by atoms with Gasteiger partial charge in [0.25, 0.3) is 5.91 Å². The number of benzene rings is 1. The van der Waals surface area contributed by atoms with Gasteiger partial charge in [0, 0.05) is 5.69 Å². The second kappa shape index (κ2) is 5.41. The quantitative estimate of drug-likeness (QED) is 0.773. The van der Waals surface area contributed by atoms with Gasteiger partial charge in [-0.3, -0.25) is 4.79 Å². The van der Waals surface area contributed by atoms with Gasteiger partial charge in [-0.05, 0) is 38.5 Å². The number of rotatable bonds is 5. The third-order valence-corrected chi connectivity index (χ3v) is 2.56. The summed E-state index contributed by atoms with van der Waals surface area (Å²) in [5, 5.41) is 8.87. The van der Waals surface area contributed by atoms with E-state index in [4.69, 9.17) is 21.5 Å². The number of nitrogen functional groups attached to an aromatic ring is 1. The molecule has 0 saturated heterocycles. The molecule has 0 fully saturated rings. The molecule has 0 spiro atoms. The van der Waals surface area contributed by atoms with E-state index in [1.807, 2.05) is 13.8 Å². The smallest absolute Gasteiger partial charge is 0.252 e. The lowest BCUT2D eigenvalue weighted by atomic mass is 9.92. The fourth-order valence-electron chi connectivity index (χ4n) is 1.34. The number of nitrogens with zero attached hydrogens (tertiary/aromatic N) is 1. The molecule has 5 heteroatoms. The molecule has 0 aromatic heterocycles. The van der Waals surface area contributed by atoms with Crippen LogP contribution in [0.1, 0.15) is 30.6 Å². The summed E-state index contributed by atoms with van der Waals surface area (Å²) in [7, 11) is 0. The van der Waals surface area contributed by atoms with Crippen LogP contribution in [0.2, 0.25) is 0 Å². The van der Waals surface area contributed by atoms with Crippen LogP contribution in [-0.4, -0.2) is 12.5 Å². The Hall–Kier alpha value is -2.22. The summed E-state index contributed by atoms with van der Waals surface area (Å²) < 4.78 is 5.48. The lowest BCUT2D eigenvalue weighted by Crippen LogP contribution is -2.16. The summed E-state index contributed by atoms with van der Waals surface area (Å²) >= 11 is 0. The number of carbonyl (C=O) groups excluding carboxylic acids is 1. The molecule has 18 heavy (non-hydrogen) atoms. The van der Waals surface area contributed by atoms with Crippen LogP contribution in [0.4, 0.5) is 5.69 Å². The van der Waals surface area contributed by atoms with Gasteiger partial charge in [0.2, 0.25) is 0 Å². The van der Waals surface area contributed by atoms with Crippen LogP contribution in [0, 0.1) is 16.7 Å². The van der Waals surface area contributed by atoms with Crippen LogP contribution >= 0.6 is 0 Å². The van der Waals surface area contributed by atoms with Crippen molar-refractivity contribution in [2.24, 2.45) is 11.1 Å². The van der Waals surface area contributed by atoms with Gasteiger partial charge >= 0.3 is 0 Å². The summed E-state index contributed by atoms with van der Waals surface area (Å²) in [6.45, 7) is 3.99. The molecule has 1 amide bonds. The van der Waals surface area contributed by atoms with E-state index in [-0.39, 0.29) is 5.56 Å². The summed E-state index contributed by atoms with van der Waals surface area (Å²) in [6, 6.07) is 6.90. The average molecular weight is 247 g/mol. The molecule has 0 bridgehead atoms. The molecule has 0 aliphatic rings. The third-order valence-electron chi connectivity index (χ3n) is 2.56. The molecule has 0 atom stereocenters. The van der Waals surface area contributed by atoms with Gasteiger partial charge in [-0.25, -0.2) is 0 Å². The van der Waals surface area contributed by atoms with E-state index in [0.717, 1.165) is 0 Å². The van der Waals surface area contributed by atoms with Gasteiger partial charge in [-0.1, -0.05) is 0 Å². The van der Waals surface area contributed by atoms with Crippen molar-refractivity contribution in [3.63, 3.8) is 0 Å². The van der Waals surface area contributed by atoms with Gasteiger partial charge in [0.1, 0.15) is 5.75 Å². The summed E-state index contributed by atoms with van der Waals surface area (Å²) in [5.74, 6) is -0.192. The normalized spacial score (nSPS) is 10.7. The number of amides is 1. The maximum atomic E-state index is 11.2. The van der Waals surface area contributed by atoms with E-state index < -0.39 is 11.3 Å². The SMILES string of the molecule is CC(C)(C#N)CCOc1ccc(N)cc1C(N)=O.